The van der Waals surface area contributed by atoms with Crippen molar-refractivity contribution in [1.82, 2.24) is 0 Å². The van der Waals surface area contributed by atoms with Crippen molar-refractivity contribution in [3.8, 4) is 0 Å². The van der Waals surface area contributed by atoms with Crippen LogP contribution in [0.5, 0.6) is 0 Å². The van der Waals surface area contributed by atoms with Crippen molar-refractivity contribution in [3.05, 3.63) is 21.8 Å². The van der Waals surface area contributed by atoms with Crippen LogP contribution in [-0.4, -0.2) is 14.4 Å². The zero-order valence-corrected chi connectivity index (χ0v) is 18.9. The summed E-state index contributed by atoms with van der Waals surface area (Å²) in [6.07, 6.45) is 7.49. The van der Waals surface area contributed by atoms with E-state index < -0.39 is 8.32 Å². The first-order valence-electron chi connectivity index (χ1n) is 9.02. The molecule has 0 fully saturated rings. The predicted octanol–water partition coefficient (Wildman–Crippen LogP) is 7.34. The molecule has 3 atom stereocenters. The molecule has 0 bridgehead atoms. The second-order valence-electron chi connectivity index (χ2n) is 6.64. The van der Waals surface area contributed by atoms with Gasteiger partial charge in [-0.15, -0.1) is 0 Å². The van der Waals surface area contributed by atoms with Crippen LogP contribution in [0.4, 0.5) is 0 Å². The second-order valence-corrected chi connectivity index (χ2v) is 12.1. The van der Waals surface area contributed by atoms with Gasteiger partial charge in [-0.2, -0.15) is 0 Å². The molecule has 0 spiro atoms. The Kier molecular flexibility index (Phi) is 12.1. The minimum atomic E-state index is -1.58. The molecule has 0 aromatic heterocycles. The van der Waals surface area contributed by atoms with Crippen LogP contribution in [-0.2, 0) is 4.43 Å². The fraction of sp³-hybridized carbons (Fsp3) is 0.789. The van der Waals surface area contributed by atoms with E-state index in [4.69, 9.17) is 4.43 Å². The number of allylic oxidation sites excluding steroid dienone is 1. The Morgan fingerprint density at radius 1 is 1.09 bits per heavy atom. The lowest BCUT2D eigenvalue weighted by molar-refractivity contribution is 0.183. The molecule has 0 aliphatic rings. The van der Waals surface area contributed by atoms with Gasteiger partial charge in [-0.3, -0.25) is 0 Å². The van der Waals surface area contributed by atoms with Gasteiger partial charge in [0.2, 0.25) is 0 Å². The standard InChI is InChI=1S/C19H37IOSi/c1-8-12-16(5)15-18(7)19(17(6)13-14-20)21-22(9-2,10-3)11-4/h13-17,19H,8-12H2,1-7H3/b14-13+,18-15+/t16-,17-,19-/m1/s1. The summed E-state index contributed by atoms with van der Waals surface area (Å²) in [6, 6.07) is 3.65. The van der Waals surface area contributed by atoms with Crippen molar-refractivity contribution < 1.29 is 4.43 Å². The molecule has 3 heteroatoms. The van der Waals surface area contributed by atoms with Crippen LogP contribution in [0.3, 0.4) is 0 Å². The van der Waals surface area contributed by atoms with Gasteiger partial charge >= 0.3 is 0 Å². The van der Waals surface area contributed by atoms with E-state index in [1.165, 1.54) is 36.5 Å². The van der Waals surface area contributed by atoms with Gasteiger partial charge in [0.05, 0.1) is 6.10 Å². The van der Waals surface area contributed by atoms with Crippen LogP contribution < -0.4 is 0 Å². The predicted molar refractivity (Wildman–Crippen MR) is 112 cm³/mol. The van der Waals surface area contributed by atoms with E-state index in [0.29, 0.717) is 11.8 Å². The van der Waals surface area contributed by atoms with Crippen LogP contribution in [0.15, 0.2) is 21.8 Å². The molecule has 0 aromatic carbocycles. The summed E-state index contributed by atoms with van der Waals surface area (Å²) >= 11 is 2.32. The van der Waals surface area contributed by atoms with Gasteiger partial charge in [-0.1, -0.05) is 82.7 Å². The summed E-state index contributed by atoms with van der Waals surface area (Å²) in [6.45, 7) is 16.1. The number of hydrogen-bond donors (Lipinski definition) is 0. The van der Waals surface area contributed by atoms with Gasteiger partial charge in [0.15, 0.2) is 8.32 Å². The Labute approximate surface area is 154 Å². The highest BCUT2D eigenvalue weighted by Crippen LogP contribution is 2.30. The van der Waals surface area contributed by atoms with Gasteiger partial charge in [-0.05, 0) is 47.1 Å². The second kappa shape index (κ2) is 11.9. The van der Waals surface area contributed by atoms with E-state index in [1.54, 1.807) is 0 Å². The van der Waals surface area contributed by atoms with Gasteiger partial charge < -0.3 is 4.43 Å². The Hall–Kier alpha value is 0.387. The molecule has 130 valence electrons. The molecule has 0 aromatic rings. The lowest BCUT2D eigenvalue weighted by atomic mass is 9.94. The maximum Gasteiger partial charge on any atom is 0.192 e. The van der Waals surface area contributed by atoms with Crippen molar-refractivity contribution in [3.63, 3.8) is 0 Å². The lowest BCUT2D eigenvalue weighted by Crippen LogP contribution is -2.42. The molecular weight excluding hydrogens is 399 g/mol. The fourth-order valence-electron chi connectivity index (χ4n) is 3.18. The number of halogens is 1. The highest BCUT2D eigenvalue weighted by molar-refractivity contribution is 14.1. The molecule has 0 saturated heterocycles. The summed E-state index contributed by atoms with van der Waals surface area (Å²) in [4.78, 5) is 0. The summed E-state index contributed by atoms with van der Waals surface area (Å²) < 4.78 is 8.99. The van der Waals surface area contributed by atoms with Crippen molar-refractivity contribution in [2.75, 3.05) is 0 Å². The van der Waals surface area contributed by atoms with Crippen molar-refractivity contribution in [1.29, 1.82) is 0 Å². The highest BCUT2D eigenvalue weighted by Gasteiger charge is 2.34. The quantitative estimate of drug-likeness (QED) is 0.187. The molecule has 0 amide bonds. The topological polar surface area (TPSA) is 9.23 Å². The Morgan fingerprint density at radius 3 is 2.05 bits per heavy atom. The van der Waals surface area contributed by atoms with E-state index in [2.05, 4.69) is 87.3 Å². The smallest absolute Gasteiger partial charge is 0.192 e. The minimum absolute atomic E-state index is 0.247. The van der Waals surface area contributed by atoms with E-state index in [-0.39, 0.29) is 6.10 Å². The van der Waals surface area contributed by atoms with Gasteiger partial charge in [0.25, 0.3) is 0 Å². The Balaban J connectivity index is 5.36. The van der Waals surface area contributed by atoms with Crippen LogP contribution >= 0.6 is 22.6 Å². The molecule has 0 saturated carbocycles. The van der Waals surface area contributed by atoms with Gasteiger partial charge in [0, 0.05) is 5.92 Å². The third-order valence-electron chi connectivity index (χ3n) is 4.90. The Bertz CT molecular complexity index is 339. The number of rotatable bonds is 11. The number of hydrogen-bond acceptors (Lipinski definition) is 1. The summed E-state index contributed by atoms with van der Waals surface area (Å²) in [7, 11) is -1.58. The lowest BCUT2D eigenvalue weighted by Gasteiger charge is -2.36. The normalized spacial score (nSPS) is 17.7. The summed E-state index contributed by atoms with van der Waals surface area (Å²) in [5.74, 6) is 1.09. The molecule has 0 N–H and O–H groups in total. The Morgan fingerprint density at radius 2 is 1.64 bits per heavy atom. The first-order valence-corrected chi connectivity index (χ1v) is 12.8. The average molecular weight is 436 g/mol. The first kappa shape index (κ1) is 22.4. The summed E-state index contributed by atoms with van der Waals surface area (Å²) in [5.41, 5.74) is 1.43. The van der Waals surface area contributed by atoms with E-state index >= 15 is 0 Å². The molecule has 1 nitrogen and oxygen atoms in total. The molecule has 22 heavy (non-hydrogen) atoms. The van der Waals surface area contributed by atoms with Gasteiger partial charge in [0.1, 0.15) is 0 Å². The minimum Gasteiger partial charge on any atom is -0.410 e. The largest absolute Gasteiger partial charge is 0.410 e. The van der Waals surface area contributed by atoms with Crippen LogP contribution in [0.1, 0.15) is 61.3 Å². The molecule has 0 aliphatic carbocycles. The van der Waals surface area contributed by atoms with Crippen LogP contribution in [0, 0.1) is 11.8 Å². The SMILES string of the molecule is CCC[C@@H](C)/C=C(\C)[C@H](O[Si](CC)(CC)CC)[C@H](C)/C=C/I. The van der Waals surface area contributed by atoms with Crippen LogP contribution in [0.2, 0.25) is 18.1 Å². The maximum atomic E-state index is 6.86. The molecule has 0 radical (unpaired) electrons. The van der Waals surface area contributed by atoms with E-state index in [0.717, 1.165) is 0 Å². The van der Waals surface area contributed by atoms with E-state index in [1.807, 2.05) is 0 Å². The average Bonchev–Trinajstić information content (AvgIpc) is 2.49. The van der Waals surface area contributed by atoms with E-state index in [9.17, 15) is 0 Å². The zero-order valence-electron chi connectivity index (χ0n) is 15.8. The molecule has 0 aliphatic heterocycles. The molecular formula is C19H37IOSi. The maximum absolute atomic E-state index is 6.86. The monoisotopic (exact) mass is 436 g/mol. The van der Waals surface area contributed by atoms with Gasteiger partial charge in [-0.25, -0.2) is 0 Å². The molecule has 0 unspecified atom stereocenters. The zero-order chi connectivity index (χ0) is 17.2. The fourth-order valence-corrected chi connectivity index (χ4v) is 6.78. The third-order valence-corrected chi connectivity index (χ3v) is 9.94. The molecule has 0 heterocycles. The summed E-state index contributed by atoms with van der Waals surface area (Å²) in [5, 5.41) is 0. The van der Waals surface area contributed by atoms with Crippen molar-refractivity contribution in [2.24, 2.45) is 11.8 Å². The third kappa shape index (κ3) is 7.31. The molecule has 0 rings (SSSR count). The highest BCUT2D eigenvalue weighted by atomic mass is 127. The van der Waals surface area contributed by atoms with Crippen molar-refractivity contribution in [2.45, 2.75) is 85.5 Å². The first-order chi connectivity index (χ1) is 10.4. The van der Waals surface area contributed by atoms with Crippen molar-refractivity contribution >= 4 is 30.9 Å². The van der Waals surface area contributed by atoms with Crippen LogP contribution in [0.25, 0.3) is 0 Å².